The summed E-state index contributed by atoms with van der Waals surface area (Å²) >= 11 is 1.51. The molecule has 0 saturated carbocycles. The Morgan fingerprint density at radius 1 is 1.64 bits per heavy atom. The smallest absolute Gasteiger partial charge is 0.180 e. The SMILES string of the molecule is CCCC(C)N(C)Cc1csc(N)n1. The van der Waals surface area contributed by atoms with Crippen LogP contribution in [0, 0.1) is 0 Å². The molecule has 3 nitrogen and oxygen atoms in total. The Labute approximate surface area is 89.9 Å². The first-order valence-electron chi connectivity index (χ1n) is 5.03. The van der Waals surface area contributed by atoms with Crippen LogP contribution in [0.4, 0.5) is 5.13 Å². The van der Waals surface area contributed by atoms with Crippen LogP contribution in [-0.4, -0.2) is 23.0 Å². The lowest BCUT2D eigenvalue weighted by Crippen LogP contribution is -2.28. The van der Waals surface area contributed by atoms with Gasteiger partial charge in [-0.3, -0.25) is 4.90 Å². The average Bonchev–Trinajstić information content (AvgIpc) is 2.51. The van der Waals surface area contributed by atoms with Crippen LogP contribution in [0.1, 0.15) is 32.4 Å². The number of nitrogen functional groups attached to an aromatic ring is 1. The van der Waals surface area contributed by atoms with Crippen molar-refractivity contribution in [2.75, 3.05) is 12.8 Å². The van der Waals surface area contributed by atoms with Gasteiger partial charge in [-0.05, 0) is 20.4 Å². The van der Waals surface area contributed by atoms with Crippen LogP contribution >= 0.6 is 11.3 Å². The Kier molecular flexibility index (Phi) is 4.35. The van der Waals surface area contributed by atoms with Crippen LogP contribution in [0.25, 0.3) is 0 Å². The van der Waals surface area contributed by atoms with Crippen molar-refractivity contribution in [3.05, 3.63) is 11.1 Å². The molecule has 1 rings (SSSR count). The summed E-state index contributed by atoms with van der Waals surface area (Å²) in [7, 11) is 2.13. The van der Waals surface area contributed by atoms with Gasteiger partial charge in [0.05, 0.1) is 5.69 Å². The summed E-state index contributed by atoms with van der Waals surface area (Å²) in [5.74, 6) is 0. The van der Waals surface area contributed by atoms with Crippen molar-refractivity contribution in [2.45, 2.75) is 39.3 Å². The third kappa shape index (κ3) is 3.27. The fourth-order valence-corrected chi connectivity index (χ4v) is 2.00. The number of nitrogens with two attached hydrogens (primary N) is 1. The molecule has 1 unspecified atom stereocenters. The van der Waals surface area contributed by atoms with E-state index in [1.807, 2.05) is 5.38 Å². The van der Waals surface area contributed by atoms with Crippen LogP contribution in [0.3, 0.4) is 0 Å². The van der Waals surface area contributed by atoms with Crippen molar-refractivity contribution < 1.29 is 0 Å². The Hall–Kier alpha value is -0.610. The van der Waals surface area contributed by atoms with Crippen LogP contribution in [0.2, 0.25) is 0 Å². The van der Waals surface area contributed by atoms with E-state index in [1.165, 1.54) is 24.2 Å². The second-order valence-corrected chi connectivity index (χ2v) is 4.62. The number of aromatic nitrogens is 1. The number of hydrogen-bond donors (Lipinski definition) is 1. The molecule has 0 aliphatic heterocycles. The van der Waals surface area contributed by atoms with E-state index in [-0.39, 0.29) is 0 Å². The zero-order valence-electron chi connectivity index (χ0n) is 9.16. The molecule has 0 aliphatic carbocycles. The van der Waals surface area contributed by atoms with E-state index in [1.54, 1.807) is 0 Å². The summed E-state index contributed by atoms with van der Waals surface area (Å²) in [6.45, 7) is 5.36. The molecule has 2 N–H and O–H groups in total. The van der Waals surface area contributed by atoms with Gasteiger partial charge in [-0.15, -0.1) is 11.3 Å². The molecule has 4 heteroatoms. The van der Waals surface area contributed by atoms with Crippen molar-refractivity contribution in [1.29, 1.82) is 0 Å². The highest BCUT2D eigenvalue weighted by Gasteiger charge is 2.09. The molecular weight excluding hydrogens is 194 g/mol. The Morgan fingerprint density at radius 3 is 2.86 bits per heavy atom. The average molecular weight is 213 g/mol. The highest BCUT2D eigenvalue weighted by molar-refractivity contribution is 7.13. The number of nitrogens with zero attached hydrogens (tertiary/aromatic N) is 2. The third-order valence-electron chi connectivity index (χ3n) is 2.44. The molecular formula is C10H19N3S. The number of thiazole rings is 1. The predicted molar refractivity (Wildman–Crippen MR) is 62.4 cm³/mol. The zero-order chi connectivity index (χ0) is 10.6. The Bertz CT molecular complexity index is 272. The van der Waals surface area contributed by atoms with Gasteiger partial charge in [0.2, 0.25) is 0 Å². The molecule has 1 aromatic heterocycles. The van der Waals surface area contributed by atoms with Crippen LogP contribution in [0.15, 0.2) is 5.38 Å². The van der Waals surface area contributed by atoms with E-state index in [4.69, 9.17) is 5.73 Å². The van der Waals surface area contributed by atoms with Crippen LogP contribution < -0.4 is 5.73 Å². The lowest BCUT2D eigenvalue weighted by atomic mass is 10.2. The fourth-order valence-electron chi connectivity index (χ4n) is 1.44. The number of anilines is 1. The molecule has 0 amide bonds. The molecule has 0 aromatic carbocycles. The molecule has 1 atom stereocenters. The van der Waals surface area contributed by atoms with E-state index in [0.29, 0.717) is 11.2 Å². The first kappa shape index (κ1) is 11.5. The second kappa shape index (κ2) is 5.32. The van der Waals surface area contributed by atoms with E-state index in [2.05, 4.69) is 30.8 Å². The second-order valence-electron chi connectivity index (χ2n) is 3.73. The highest BCUT2D eigenvalue weighted by atomic mass is 32.1. The molecule has 0 spiro atoms. The Balaban J connectivity index is 2.43. The number of hydrogen-bond acceptors (Lipinski definition) is 4. The highest BCUT2D eigenvalue weighted by Crippen LogP contribution is 2.14. The molecule has 14 heavy (non-hydrogen) atoms. The fraction of sp³-hybridized carbons (Fsp3) is 0.700. The molecule has 0 radical (unpaired) electrons. The van der Waals surface area contributed by atoms with Gasteiger partial charge in [0, 0.05) is 18.0 Å². The minimum atomic E-state index is 0.614. The lowest BCUT2D eigenvalue weighted by molar-refractivity contribution is 0.235. The molecule has 0 bridgehead atoms. The maximum absolute atomic E-state index is 5.58. The molecule has 0 aliphatic rings. The summed E-state index contributed by atoms with van der Waals surface area (Å²) in [6.07, 6.45) is 2.46. The summed E-state index contributed by atoms with van der Waals surface area (Å²) in [5.41, 5.74) is 6.66. The van der Waals surface area contributed by atoms with E-state index < -0.39 is 0 Å². The predicted octanol–water partition coefficient (Wildman–Crippen LogP) is 2.35. The van der Waals surface area contributed by atoms with E-state index in [9.17, 15) is 0 Å². The van der Waals surface area contributed by atoms with Gasteiger partial charge >= 0.3 is 0 Å². The maximum Gasteiger partial charge on any atom is 0.180 e. The lowest BCUT2D eigenvalue weighted by Gasteiger charge is -2.23. The normalized spacial score (nSPS) is 13.4. The van der Waals surface area contributed by atoms with Gasteiger partial charge in [0.15, 0.2) is 5.13 Å². The summed E-state index contributed by atoms with van der Waals surface area (Å²) in [6, 6.07) is 0.614. The van der Waals surface area contributed by atoms with Crippen LogP contribution in [0.5, 0.6) is 0 Å². The van der Waals surface area contributed by atoms with Crippen molar-refractivity contribution in [1.82, 2.24) is 9.88 Å². The minimum Gasteiger partial charge on any atom is -0.375 e. The largest absolute Gasteiger partial charge is 0.375 e. The molecule has 0 fully saturated rings. The first-order chi connectivity index (χ1) is 6.63. The van der Waals surface area contributed by atoms with Gasteiger partial charge in [-0.25, -0.2) is 4.98 Å². The van der Waals surface area contributed by atoms with Gasteiger partial charge in [-0.1, -0.05) is 13.3 Å². The van der Waals surface area contributed by atoms with Crippen molar-refractivity contribution in [3.8, 4) is 0 Å². The van der Waals surface area contributed by atoms with Gasteiger partial charge in [0.1, 0.15) is 0 Å². The topological polar surface area (TPSA) is 42.1 Å². The van der Waals surface area contributed by atoms with Gasteiger partial charge in [0.25, 0.3) is 0 Å². The standard InChI is InChI=1S/C10H19N3S/c1-4-5-8(2)13(3)6-9-7-14-10(11)12-9/h7-8H,4-6H2,1-3H3,(H2,11,12). The van der Waals surface area contributed by atoms with Gasteiger partial charge in [-0.2, -0.15) is 0 Å². The van der Waals surface area contributed by atoms with Crippen molar-refractivity contribution in [3.63, 3.8) is 0 Å². The first-order valence-corrected chi connectivity index (χ1v) is 5.91. The number of rotatable bonds is 5. The molecule has 1 heterocycles. The summed E-state index contributed by atoms with van der Waals surface area (Å²) < 4.78 is 0. The van der Waals surface area contributed by atoms with Gasteiger partial charge < -0.3 is 5.73 Å². The monoisotopic (exact) mass is 213 g/mol. The van der Waals surface area contributed by atoms with E-state index >= 15 is 0 Å². The molecule has 0 saturated heterocycles. The van der Waals surface area contributed by atoms with Crippen LogP contribution in [-0.2, 0) is 6.54 Å². The summed E-state index contributed by atoms with van der Waals surface area (Å²) in [5, 5.41) is 2.70. The minimum absolute atomic E-state index is 0.614. The maximum atomic E-state index is 5.58. The zero-order valence-corrected chi connectivity index (χ0v) is 9.97. The quantitative estimate of drug-likeness (QED) is 0.816. The van der Waals surface area contributed by atoms with E-state index in [0.717, 1.165) is 12.2 Å². The molecule has 80 valence electrons. The Morgan fingerprint density at radius 2 is 2.36 bits per heavy atom. The third-order valence-corrected chi connectivity index (χ3v) is 3.16. The van der Waals surface area contributed by atoms with Crippen molar-refractivity contribution in [2.24, 2.45) is 0 Å². The summed E-state index contributed by atoms with van der Waals surface area (Å²) in [4.78, 5) is 6.57. The van der Waals surface area contributed by atoms with Crippen molar-refractivity contribution >= 4 is 16.5 Å². The molecule has 1 aromatic rings.